The van der Waals surface area contributed by atoms with Crippen LogP contribution in [0.4, 0.5) is 0 Å². The van der Waals surface area contributed by atoms with Crippen LogP contribution in [0.3, 0.4) is 0 Å². The lowest BCUT2D eigenvalue weighted by Crippen LogP contribution is -2.66. The van der Waals surface area contributed by atoms with Crippen LogP contribution in [0, 0.1) is 13.8 Å². The normalized spacial score (nSPS) is 17.8. The number of aryl methyl sites for hydroxylation is 2. The van der Waals surface area contributed by atoms with Crippen molar-refractivity contribution < 1.29 is 4.79 Å². The number of hydrogen-bond donors (Lipinski definition) is 1. The molecular weight excluding hydrogens is 449 g/mol. The summed E-state index contributed by atoms with van der Waals surface area (Å²) in [4.78, 5) is 26.7. The largest absolute Gasteiger partial charge is 0.351 e. The first-order valence-corrected chi connectivity index (χ1v) is 9.18. The molecule has 6 nitrogen and oxygen atoms in total. The van der Waals surface area contributed by atoms with Crippen molar-refractivity contribution in [3.63, 3.8) is 0 Å². The lowest BCUT2D eigenvalue weighted by molar-refractivity contribution is -0.145. The van der Waals surface area contributed by atoms with Gasteiger partial charge >= 0.3 is 0 Å². The van der Waals surface area contributed by atoms with Crippen molar-refractivity contribution in [3.8, 4) is 0 Å². The van der Waals surface area contributed by atoms with Gasteiger partial charge in [0.05, 0.1) is 29.3 Å². The minimum Gasteiger partial charge on any atom is -0.351 e. The van der Waals surface area contributed by atoms with Crippen LogP contribution in [-0.4, -0.2) is 58.4 Å². The monoisotopic (exact) mass is 479 g/mol. The molecule has 1 N–H and O–H groups in total. The van der Waals surface area contributed by atoms with Crippen LogP contribution in [0.1, 0.15) is 43.3 Å². The third kappa shape index (κ3) is 5.06. The van der Waals surface area contributed by atoms with E-state index in [9.17, 15) is 4.79 Å². The van der Waals surface area contributed by atoms with Crippen LogP contribution in [-0.2, 0) is 11.3 Å². The maximum absolute atomic E-state index is 12.6. The summed E-state index contributed by atoms with van der Waals surface area (Å²) >= 11 is 1.70. The smallest absolute Gasteiger partial charge is 0.242 e. The Balaban J connectivity index is 0.00000312. The number of guanidine groups is 1. The molecule has 0 unspecified atom stereocenters. The van der Waals surface area contributed by atoms with E-state index in [1.807, 2.05) is 23.6 Å². The minimum absolute atomic E-state index is 0. The van der Waals surface area contributed by atoms with E-state index in [1.54, 1.807) is 18.4 Å². The SMILES string of the molecule is CN=C(NCc1sc(C)nc1C)N1CC(=O)N(C(C)C)C(C)(C)C1.I. The van der Waals surface area contributed by atoms with Crippen LogP contribution in [0.15, 0.2) is 4.99 Å². The van der Waals surface area contributed by atoms with Gasteiger partial charge in [0.15, 0.2) is 5.96 Å². The molecule has 1 saturated heterocycles. The summed E-state index contributed by atoms with van der Waals surface area (Å²) in [5.74, 6) is 0.916. The number of hydrogen-bond acceptors (Lipinski definition) is 4. The molecule has 1 aromatic rings. The van der Waals surface area contributed by atoms with Gasteiger partial charge in [-0.25, -0.2) is 4.98 Å². The number of amides is 1. The molecule has 1 amide bonds. The molecule has 0 aromatic carbocycles. The molecule has 0 atom stereocenters. The summed E-state index contributed by atoms with van der Waals surface area (Å²) in [6, 6.07) is 0.201. The zero-order valence-corrected chi connectivity index (χ0v) is 19.4. The number of piperazine rings is 1. The van der Waals surface area contributed by atoms with Crippen molar-refractivity contribution in [1.82, 2.24) is 20.1 Å². The molecule has 1 aliphatic heterocycles. The Morgan fingerprint density at radius 3 is 2.48 bits per heavy atom. The molecule has 1 fully saturated rings. The van der Waals surface area contributed by atoms with E-state index in [2.05, 4.69) is 43.0 Å². The molecule has 8 heteroatoms. The van der Waals surface area contributed by atoms with Crippen LogP contribution >= 0.6 is 35.3 Å². The van der Waals surface area contributed by atoms with Crippen molar-refractivity contribution in [3.05, 3.63) is 15.6 Å². The Kier molecular flexibility index (Phi) is 7.67. The van der Waals surface area contributed by atoms with Crippen LogP contribution in [0.25, 0.3) is 0 Å². The van der Waals surface area contributed by atoms with Crippen molar-refractivity contribution in [2.45, 2.75) is 59.7 Å². The van der Waals surface area contributed by atoms with Crippen molar-refractivity contribution in [2.75, 3.05) is 20.1 Å². The highest BCUT2D eigenvalue weighted by molar-refractivity contribution is 14.0. The van der Waals surface area contributed by atoms with Gasteiger partial charge < -0.3 is 15.1 Å². The molecular formula is C17H30IN5OS. The van der Waals surface area contributed by atoms with E-state index < -0.39 is 0 Å². The molecule has 25 heavy (non-hydrogen) atoms. The van der Waals surface area contributed by atoms with E-state index in [4.69, 9.17) is 0 Å². The van der Waals surface area contributed by atoms with Gasteiger partial charge in [0.1, 0.15) is 0 Å². The highest BCUT2D eigenvalue weighted by Gasteiger charge is 2.40. The highest BCUT2D eigenvalue weighted by Crippen LogP contribution is 2.24. The molecule has 0 radical (unpaired) electrons. The number of halogens is 1. The van der Waals surface area contributed by atoms with E-state index in [1.165, 1.54) is 4.88 Å². The molecule has 2 rings (SSSR count). The number of nitrogens with one attached hydrogen (secondary N) is 1. The average molecular weight is 479 g/mol. The highest BCUT2D eigenvalue weighted by atomic mass is 127. The van der Waals surface area contributed by atoms with Crippen LogP contribution < -0.4 is 5.32 Å². The Hall–Kier alpha value is -0.900. The maximum Gasteiger partial charge on any atom is 0.242 e. The fourth-order valence-corrected chi connectivity index (χ4v) is 4.42. The molecule has 142 valence electrons. The summed E-state index contributed by atoms with van der Waals surface area (Å²) in [7, 11) is 1.76. The zero-order valence-electron chi connectivity index (χ0n) is 16.2. The third-order valence-corrected chi connectivity index (χ3v) is 5.33. The summed E-state index contributed by atoms with van der Waals surface area (Å²) < 4.78 is 0. The molecule has 1 aliphatic rings. The average Bonchev–Trinajstić information content (AvgIpc) is 2.75. The summed E-state index contributed by atoms with van der Waals surface area (Å²) in [6.07, 6.45) is 0. The summed E-state index contributed by atoms with van der Waals surface area (Å²) in [6.45, 7) is 14.2. The Labute approximate surface area is 172 Å². The van der Waals surface area contributed by atoms with Gasteiger partial charge in [-0.05, 0) is 41.5 Å². The molecule has 0 bridgehead atoms. The van der Waals surface area contributed by atoms with E-state index in [-0.39, 0.29) is 41.5 Å². The standard InChI is InChI=1S/C17H29N5OS.HI/c1-11(2)22-15(23)9-21(10-17(22,5)6)16(18-7)19-8-14-12(3)20-13(4)24-14;/h11H,8-10H2,1-7H3,(H,18,19);1H. The van der Waals surface area contributed by atoms with Gasteiger partial charge in [-0.3, -0.25) is 9.79 Å². The van der Waals surface area contributed by atoms with Gasteiger partial charge in [0, 0.05) is 24.5 Å². The molecule has 0 spiro atoms. The summed E-state index contributed by atoms with van der Waals surface area (Å²) in [5.41, 5.74) is 0.833. The predicted molar refractivity (Wildman–Crippen MR) is 115 cm³/mol. The number of carbonyl (C=O) groups excluding carboxylic acids is 1. The molecule has 0 aliphatic carbocycles. The molecule has 1 aromatic heterocycles. The second-order valence-electron chi connectivity index (χ2n) is 7.17. The fraction of sp³-hybridized carbons (Fsp3) is 0.706. The topological polar surface area (TPSA) is 60.8 Å². The number of aliphatic imine (C=N–C) groups is 1. The maximum atomic E-state index is 12.6. The van der Waals surface area contributed by atoms with E-state index in [0.29, 0.717) is 13.1 Å². The Bertz CT molecular complexity index is 641. The quantitative estimate of drug-likeness (QED) is 0.412. The van der Waals surface area contributed by atoms with Crippen molar-refractivity contribution >= 4 is 47.2 Å². The number of carbonyl (C=O) groups is 1. The predicted octanol–water partition coefficient (Wildman–Crippen LogP) is 2.78. The van der Waals surface area contributed by atoms with Crippen molar-refractivity contribution in [1.29, 1.82) is 0 Å². The third-order valence-electron chi connectivity index (χ3n) is 4.26. The van der Waals surface area contributed by atoms with Crippen LogP contribution in [0.2, 0.25) is 0 Å². The number of thiazole rings is 1. The lowest BCUT2D eigenvalue weighted by atomic mass is 9.96. The first-order valence-electron chi connectivity index (χ1n) is 8.36. The van der Waals surface area contributed by atoms with E-state index >= 15 is 0 Å². The van der Waals surface area contributed by atoms with Crippen LogP contribution in [0.5, 0.6) is 0 Å². The number of nitrogens with zero attached hydrogens (tertiary/aromatic N) is 4. The Morgan fingerprint density at radius 1 is 1.40 bits per heavy atom. The van der Waals surface area contributed by atoms with E-state index in [0.717, 1.165) is 23.2 Å². The first-order chi connectivity index (χ1) is 11.2. The van der Waals surface area contributed by atoms with Gasteiger partial charge in [-0.15, -0.1) is 35.3 Å². The number of rotatable bonds is 3. The Morgan fingerprint density at radius 2 is 2.04 bits per heavy atom. The summed E-state index contributed by atoms with van der Waals surface area (Å²) in [5, 5.41) is 4.46. The minimum atomic E-state index is -0.224. The molecule has 2 heterocycles. The lowest BCUT2D eigenvalue weighted by Gasteiger charge is -2.49. The second-order valence-corrected chi connectivity index (χ2v) is 8.46. The first kappa shape index (κ1) is 22.1. The zero-order chi connectivity index (χ0) is 18.1. The second kappa shape index (κ2) is 8.66. The fourth-order valence-electron chi connectivity index (χ4n) is 3.54. The van der Waals surface area contributed by atoms with Crippen molar-refractivity contribution in [2.24, 2.45) is 4.99 Å². The van der Waals surface area contributed by atoms with Gasteiger partial charge in [-0.1, -0.05) is 0 Å². The van der Waals surface area contributed by atoms with Gasteiger partial charge in [0.25, 0.3) is 0 Å². The van der Waals surface area contributed by atoms with Gasteiger partial charge in [-0.2, -0.15) is 0 Å². The number of aromatic nitrogens is 1. The van der Waals surface area contributed by atoms with Gasteiger partial charge in [0.2, 0.25) is 5.91 Å². The molecule has 0 saturated carbocycles.